The fraction of sp³-hybridized carbons (Fsp3) is 0.316. The van der Waals surface area contributed by atoms with Crippen molar-refractivity contribution in [3.8, 4) is 0 Å². The van der Waals surface area contributed by atoms with Crippen molar-refractivity contribution in [2.75, 3.05) is 77.5 Å². The molecule has 33 heteroatoms. The van der Waals surface area contributed by atoms with Gasteiger partial charge in [0.15, 0.2) is 17.5 Å². The predicted molar refractivity (Wildman–Crippen MR) is 331 cm³/mol. The Bertz CT molecular complexity index is 4060. The number of imidazole rings is 3. The lowest BCUT2D eigenvalue weighted by atomic mass is 10.2. The number of nitrogens with two attached hydrogens (primary N) is 1. The molecule has 8 rings (SSSR count). The topological polar surface area (TPSA) is 398 Å². The van der Waals surface area contributed by atoms with Crippen molar-refractivity contribution in [2.45, 2.75) is 25.3 Å². The van der Waals surface area contributed by atoms with Gasteiger partial charge in [-0.05, 0) is 63.8 Å². The molecule has 0 radical (unpaired) electrons. The van der Waals surface area contributed by atoms with Gasteiger partial charge in [0.05, 0.1) is 34.5 Å². The summed E-state index contributed by atoms with van der Waals surface area (Å²) in [6.07, 6.45) is 14.6. The van der Waals surface area contributed by atoms with E-state index in [-0.39, 0.29) is 95.1 Å². The molecular weight excluding hydrogens is 1170 g/mol. The summed E-state index contributed by atoms with van der Waals surface area (Å²) in [5.41, 5.74) is 8.70. The fourth-order valence-electron chi connectivity index (χ4n) is 9.36. The van der Waals surface area contributed by atoms with Crippen LogP contribution in [0, 0.1) is 0 Å². The molecular formula is C57H71N23O10. The Labute approximate surface area is 514 Å². The first-order valence-electron chi connectivity index (χ1n) is 28.0. The number of aromatic nitrogens is 11. The van der Waals surface area contributed by atoms with Crippen LogP contribution in [0.4, 0.5) is 40.1 Å². The number of amides is 10. The van der Waals surface area contributed by atoms with Crippen LogP contribution in [-0.2, 0) is 66.0 Å². The summed E-state index contributed by atoms with van der Waals surface area (Å²) < 4.78 is 11.9. The van der Waals surface area contributed by atoms with E-state index in [1.54, 1.807) is 89.5 Å². The van der Waals surface area contributed by atoms with Crippen LogP contribution in [0.3, 0.4) is 0 Å². The lowest BCUT2D eigenvalue weighted by Crippen LogP contribution is -2.39. The van der Waals surface area contributed by atoms with Crippen LogP contribution in [0.2, 0.25) is 0 Å². The molecule has 0 saturated carbocycles. The van der Waals surface area contributed by atoms with E-state index >= 15 is 0 Å². The third-order valence-electron chi connectivity index (χ3n) is 14.0. The lowest BCUT2D eigenvalue weighted by molar-refractivity contribution is -0.121. The minimum Gasteiger partial charge on any atom is -0.356 e. The zero-order valence-electron chi connectivity index (χ0n) is 51.1. The summed E-state index contributed by atoms with van der Waals surface area (Å²) in [7, 11) is 16.8. The first kappa shape index (κ1) is 64.6. The molecule has 0 aliphatic heterocycles. The number of hydrogen-bond acceptors (Lipinski definition) is 15. The van der Waals surface area contributed by atoms with Crippen LogP contribution < -0.4 is 58.9 Å². The van der Waals surface area contributed by atoms with Gasteiger partial charge in [-0.3, -0.25) is 47.9 Å². The molecule has 8 aromatic heterocycles. The van der Waals surface area contributed by atoms with Crippen molar-refractivity contribution in [1.82, 2.24) is 72.3 Å². The van der Waals surface area contributed by atoms with Gasteiger partial charge in [0.1, 0.15) is 28.5 Å². The third-order valence-corrected chi connectivity index (χ3v) is 14.0. The molecule has 0 spiro atoms. The second-order valence-corrected chi connectivity index (χ2v) is 21.5. The van der Waals surface area contributed by atoms with Gasteiger partial charge in [0.2, 0.25) is 23.5 Å². The summed E-state index contributed by atoms with van der Waals surface area (Å²) >= 11 is 0. The molecule has 8 aromatic rings. The molecule has 0 aliphatic carbocycles. The molecule has 8 heterocycles. The molecule has 0 unspecified atom stereocenters. The monoisotopic (exact) mass is 1240 g/mol. The van der Waals surface area contributed by atoms with Gasteiger partial charge in [-0.1, -0.05) is 0 Å². The van der Waals surface area contributed by atoms with E-state index in [9.17, 15) is 47.9 Å². The quantitative estimate of drug-likeness (QED) is 0.0341. The van der Waals surface area contributed by atoms with Crippen LogP contribution in [0.25, 0.3) is 0 Å². The smallest absolute Gasteiger partial charge is 0.291 e. The van der Waals surface area contributed by atoms with E-state index < -0.39 is 59.2 Å². The first-order valence-corrected chi connectivity index (χ1v) is 28.0. The average Bonchev–Trinajstić information content (AvgIpc) is 2.82. The number of hydrogen-bond donors (Lipinski definition) is 11. The molecule has 90 heavy (non-hydrogen) atoms. The molecule has 33 nitrogen and oxygen atoms in total. The predicted octanol–water partition coefficient (Wildman–Crippen LogP) is 1.37. The molecule has 0 fully saturated rings. The molecule has 12 N–H and O–H groups in total. The van der Waals surface area contributed by atoms with Crippen molar-refractivity contribution < 1.29 is 47.9 Å². The molecule has 1 atom stereocenters. The number of aryl methyl sites for hydroxylation is 8. The summed E-state index contributed by atoms with van der Waals surface area (Å²) in [6, 6.07) is 6.25. The number of carbonyl (C=O) groups excluding carboxylic acids is 10. The van der Waals surface area contributed by atoms with Gasteiger partial charge in [-0.25, -0.2) is 15.0 Å². The van der Waals surface area contributed by atoms with Crippen LogP contribution in [0.5, 0.6) is 0 Å². The summed E-state index contributed by atoms with van der Waals surface area (Å²) in [5.74, 6) is -5.06. The molecule has 0 aliphatic rings. The maximum Gasteiger partial charge on any atom is 0.291 e. The van der Waals surface area contributed by atoms with Crippen LogP contribution in [-0.4, -0.2) is 162 Å². The number of nitrogens with zero attached hydrogens (tertiary/aromatic N) is 12. The zero-order valence-corrected chi connectivity index (χ0v) is 51.1. The summed E-state index contributed by atoms with van der Waals surface area (Å²) in [4.78, 5) is 146. The average molecular weight is 1240 g/mol. The molecule has 0 bridgehead atoms. The Hall–Kier alpha value is -11.4. The van der Waals surface area contributed by atoms with Gasteiger partial charge in [0.25, 0.3) is 47.3 Å². The Morgan fingerprint density at radius 1 is 0.433 bits per heavy atom. The minimum atomic E-state index is -1.11. The SMILES string of the molecule is CN(C)CCCNC(=O)CCNC(=O)c1cc(NC(=O)c2nc(NC(=O)c3cc(NC(=O)c4nc(NC(=O)[C@H](N)CCNC(=O)c5cc(NC(=O)c6cc(NC(=O)c7cc(NC(=O)c8nccn8C)cn7C)cn6C)cn5C)cn4C)cn3C)cn2C)cn1C. The normalized spacial score (nSPS) is 11.4. The lowest BCUT2D eigenvalue weighted by Gasteiger charge is -2.11. The maximum atomic E-state index is 13.5. The van der Waals surface area contributed by atoms with Crippen LogP contribution in [0.1, 0.15) is 104 Å². The Kier molecular flexibility index (Phi) is 20.1. The molecule has 0 aromatic carbocycles. The van der Waals surface area contributed by atoms with Gasteiger partial charge in [-0.15, -0.1) is 0 Å². The second kappa shape index (κ2) is 28.0. The van der Waals surface area contributed by atoms with Gasteiger partial charge in [-0.2, -0.15) is 0 Å². The molecule has 0 saturated heterocycles. The van der Waals surface area contributed by atoms with Crippen LogP contribution >= 0.6 is 0 Å². The van der Waals surface area contributed by atoms with E-state index in [0.717, 1.165) is 13.0 Å². The number of anilines is 7. The maximum absolute atomic E-state index is 13.5. The van der Waals surface area contributed by atoms with E-state index in [0.29, 0.717) is 29.3 Å². The number of carbonyl (C=O) groups is 10. The Balaban J connectivity index is 0.758. The van der Waals surface area contributed by atoms with Gasteiger partial charge >= 0.3 is 0 Å². The number of rotatable bonds is 26. The van der Waals surface area contributed by atoms with Crippen molar-refractivity contribution in [2.24, 2.45) is 62.1 Å². The fourth-order valence-corrected chi connectivity index (χ4v) is 9.36. The zero-order chi connectivity index (χ0) is 65.2. The Morgan fingerprint density at radius 3 is 1.22 bits per heavy atom. The van der Waals surface area contributed by atoms with E-state index in [1.165, 1.54) is 89.6 Å². The van der Waals surface area contributed by atoms with Crippen LogP contribution in [0.15, 0.2) is 86.1 Å². The standard InChI is InChI=1S/C57H71N23O10/c1-72(2)18-11-14-59-45(81)13-16-62-51(84)39-21-34(27-75(39)5)66-57(90)48-69-44(31-80(48)10)71-54(87)42-24-36(29-78(42)8)67-56(89)47-68-43(30-79(47)9)70-49(82)37(58)12-15-61-50(83)38-20-32(25-74(38)4)63-52(85)40-22-33(26-76(40)6)64-53(86)41-23-35(28-77(41)7)65-55(88)46-60-17-19-73(46)3/h17,19-31,37H,11-16,18,58H2,1-10H3,(H,59,81)(H,61,83)(H,62,84)(H,63,85)(H,64,86)(H,65,88)(H,66,90)(H,67,89)(H,70,82)(H,71,87)/t37-/m1/s1. The van der Waals surface area contributed by atoms with E-state index in [1.807, 2.05) is 19.0 Å². The van der Waals surface area contributed by atoms with Gasteiger partial charge in [0, 0.05) is 138 Å². The summed E-state index contributed by atoms with van der Waals surface area (Å²) in [6.45, 7) is 1.47. The Morgan fingerprint density at radius 2 is 0.811 bits per heavy atom. The third kappa shape index (κ3) is 16.0. The molecule has 474 valence electrons. The highest BCUT2D eigenvalue weighted by Crippen LogP contribution is 2.22. The van der Waals surface area contributed by atoms with Crippen molar-refractivity contribution in [1.29, 1.82) is 0 Å². The highest BCUT2D eigenvalue weighted by molar-refractivity contribution is 6.10. The van der Waals surface area contributed by atoms with Crippen molar-refractivity contribution >= 4 is 99.1 Å². The van der Waals surface area contributed by atoms with Gasteiger partial charge < -0.3 is 100 Å². The highest BCUT2D eigenvalue weighted by atomic mass is 16.2. The second-order valence-electron chi connectivity index (χ2n) is 21.5. The first-order chi connectivity index (χ1) is 42.7. The summed E-state index contributed by atoms with van der Waals surface area (Å²) in [5, 5.41) is 27.2. The molecule has 10 amide bonds. The van der Waals surface area contributed by atoms with Crippen molar-refractivity contribution in [3.05, 3.63) is 132 Å². The number of nitrogens with one attached hydrogen (secondary N) is 10. The minimum absolute atomic E-state index is 0.00776. The van der Waals surface area contributed by atoms with Crippen molar-refractivity contribution in [3.63, 3.8) is 0 Å². The largest absolute Gasteiger partial charge is 0.356 e. The van der Waals surface area contributed by atoms with E-state index in [2.05, 4.69) is 68.1 Å². The van der Waals surface area contributed by atoms with E-state index in [4.69, 9.17) is 5.73 Å². The highest BCUT2D eigenvalue weighted by Gasteiger charge is 2.25.